The summed E-state index contributed by atoms with van der Waals surface area (Å²) in [6, 6.07) is 0. The monoisotopic (exact) mass is 543 g/mol. The van der Waals surface area contributed by atoms with Crippen molar-refractivity contribution in [3.05, 3.63) is 0 Å². The zero-order valence-electron chi connectivity index (χ0n) is 29.0. The molecule has 0 N–H and O–H groups in total. The van der Waals surface area contributed by atoms with Crippen LogP contribution in [0.4, 0.5) is 0 Å². The summed E-state index contributed by atoms with van der Waals surface area (Å²) in [5.74, 6) is 0.692. The Morgan fingerprint density at radius 2 is 0.553 bits per heavy atom. The lowest BCUT2D eigenvalue weighted by atomic mass is 9.91. The fourth-order valence-electron chi connectivity index (χ4n) is 3.77. The maximum atomic E-state index is 11.0. The van der Waals surface area contributed by atoms with Gasteiger partial charge in [-0.3, -0.25) is 0 Å². The van der Waals surface area contributed by atoms with E-state index in [2.05, 4.69) is 62.3 Å². The highest BCUT2D eigenvalue weighted by Crippen LogP contribution is 2.18. The average Bonchev–Trinajstić information content (AvgIpc) is 2.89. The van der Waals surface area contributed by atoms with Crippen molar-refractivity contribution in [2.24, 2.45) is 5.92 Å². The summed E-state index contributed by atoms with van der Waals surface area (Å²) < 4.78 is 0. The molecule has 0 radical (unpaired) electrons. The van der Waals surface area contributed by atoms with Crippen LogP contribution in [-0.4, -0.2) is 11.6 Å². The minimum atomic E-state index is 0.202. The molecule has 0 aliphatic heterocycles. The molecule has 0 bridgehead atoms. The Hall–Kier alpha value is -0.660. The molecule has 0 unspecified atom stereocenters. The highest BCUT2D eigenvalue weighted by molar-refractivity contribution is 5.79. The fraction of sp³-hybridized carbons (Fsp3) is 0.944. The Balaban J connectivity index is -0.000000128. The lowest BCUT2D eigenvalue weighted by Gasteiger charge is -2.12. The van der Waals surface area contributed by atoms with Gasteiger partial charge in [-0.15, -0.1) is 0 Å². The number of unbranched alkanes of at least 4 members (excludes halogenated alkanes) is 14. The molecule has 0 aromatic heterocycles. The van der Waals surface area contributed by atoms with Crippen molar-refractivity contribution in [3.8, 4) is 0 Å². The molecule has 0 atom stereocenters. The molecule has 0 saturated carbocycles. The first kappa shape index (κ1) is 47.1. The van der Waals surface area contributed by atoms with E-state index < -0.39 is 0 Å². The van der Waals surface area contributed by atoms with Crippen LogP contribution in [0.25, 0.3) is 0 Å². The summed E-state index contributed by atoms with van der Waals surface area (Å²) in [6.45, 7) is 23.2. The molecule has 2 nitrogen and oxygen atoms in total. The number of Topliss-reactive ketones (excluding diaryl/α,β-unsaturated/α-hetero) is 2. The van der Waals surface area contributed by atoms with Crippen LogP contribution in [0.3, 0.4) is 0 Å². The van der Waals surface area contributed by atoms with Gasteiger partial charge in [0, 0.05) is 12.8 Å². The smallest absolute Gasteiger partial charge is 0.130 e. The number of hydrogen-bond donors (Lipinski definition) is 0. The molecule has 0 aliphatic rings. The maximum Gasteiger partial charge on any atom is 0.130 e. The predicted molar refractivity (Wildman–Crippen MR) is 177 cm³/mol. The van der Waals surface area contributed by atoms with Crippen LogP contribution < -0.4 is 0 Å². The first-order valence-electron chi connectivity index (χ1n) is 17.2. The number of ketones is 2. The molecule has 234 valence electrons. The largest absolute Gasteiger partial charge is 0.300 e. The molecular weight excluding hydrogens is 464 g/mol. The second-order valence-corrected chi connectivity index (χ2v) is 11.0. The van der Waals surface area contributed by atoms with Crippen LogP contribution in [0.1, 0.15) is 217 Å². The molecule has 38 heavy (non-hydrogen) atoms. The van der Waals surface area contributed by atoms with Gasteiger partial charge >= 0.3 is 0 Å². The third-order valence-corrected chi connectivity index (χ3v) is 6.20. The van der Waals surface area contributed by atoms with Gasteiger partial charge in [0.05, 0.1) is 0 Å². The molecule has 0 spiro atoms. The summed E-state index contributed by atoms with van der Waals surface area (Å²) in [4.78, 5) is 21.9. The standard InChI is InChI=1S/C12H22O2.4C6H14/c1-4-5-6-7-12(8-10(2)13)9-11(3)14;4*1-3-5-6-4-2/h12H,4-9H2,1-3H3;4*3-6H2,1-2H3. The topological polar surface area (TPSA) is 34.1 Å². The van der Waals surface area contributed by atoms with Gasteiger partial charge in [-0.2, -0.15) is 0 Å². The predicted octanol–water partition coefficient (Wildman–Crippen LogP) is 13.5. The first-order valence-corrected chi connectivity index (χ1v) is 17.2. The zero-order valence-corrected chi connectivity index (χ0v) is 29.0. The summed E-state index contributed by atoms with van der Waals surface area (Å²) in [5, 5.41) is 0. The van der Waals surface area contributed by atoms with Gasteiger partial charge in [-0.05, 0) is 26.2 Å². The van der Waals surface area contributed by atoms with Crippen molar-refractivity contribution >= 4 is 11.6 Å². The van der Waals surface area contributed by atoms with E-state index in [4.69, 9.17) is 0 Å². The van der Waals surface area contributed by atoms with E-state index in [1.54, 1.807) is 13.8 Å². The minimum absolute atomic E-state index is 0.202. The van der Waals surface area contributed by atoms with Gasteiger partial charge in [0.25, 0.3) is 0 Å². The van der Waals surface area contributed by atoms with Crippen molar-refractivity contribution < 1.29 is 9.59 Å². The normalized spacial score (nSPS) is 9.58. The van der Waals surface area contributed by atoms with E-state index in [1.165, 1.54) is 116 Å². The first-order chi connectivity index (χ1) is 18.2. The van der Waals surface area contributed by atoms with E-state index >= 15 is 0 Å². The van der Waals surface area contributed by atoms with Gasteiger partial charge < -0.3 is 9.59 Å². The SMILES string of the molecule is CCCCCC.CCCCCC.CCCCCC.CCCCCC.CCCCCC(CC(C)=O)CC(C)=O. The van der Waals surface area contributed by atoms with Crippen LogP contribution in [-0.2, 0) is 9.59 Å². The Labute approximate surface area is 244 Å². The van der Waals surface area contributed by atoms with Crippen LogP contribution in [0.2, 0.25) is 0 Å². The van der Waals surface area contributed by atoms with Gasteiger partial charge in [0.15, 0.2) is 0 Å². The molecule has 0 heterocycles. The van der Waals surface area contributed by atoms with E-state index in [0.717, 1.165) is 12.8 Å². The van der Waals surface area contributed by atoms with Crippen molar-refractivity contribution in [3.63, 3.8) is 0 Å². The Morgan fingerprint density at radius 1 is 0.368 bits per heavy atom. The number of carbonyl (C=O) groups is 2. The Kier molecular flexibility index (Phi) is 61.2. The second kappa shape index (κ2) is 49.3. The third kappa shape index (κ3) is 70.3. The highest BCUT2D eigenvalue weighted by atomic mass is 16.1. The summed E-state index contributed by atoms with van der Waals surface area (Å²) in [5.41, 5.74) is 0. The van der Waals surface area contributed by atoms with Gasteiger partial charge in [0.2, 0.25) is 0 Å². The highest BCUT2D eigenvalue weighted by Gasteiger charge is 2.13. The van der Waals surface area contributed by atoms with Gasteiger partial charge in [-0.1, -0.05) is 184 Å². The second-order valence-electron chi connectivity index (χ2n) is 11.0. The van der Waals surface area contributed by atoms with Crippen LogP contribution >= 0.6 is 0 Å². The minimum Gasteiger partial charge on any atom is -0.300 e. The van der Waals surface area contributed by atoms with Gasteiger partial charge in [0.1, 0.15) is 11.6 Å². The summed E-state index contributed by atoms with van der Waals surface area (Å²) in [7, 11) is 0. The lowest BCUT2D eigenvalue weighted by Crippen LogP contribution is -2.10. The maximum absolute atomic E-state index is 11.0. The molecular formula is C36H78O2. The quantitative estimate of drug-likeness (QED) is 0.143. The Morgan fingerprint density at radius 3 is 0.711 bits per heavy atom. The van der Waals surface area contributed by atoms with Crippen molar-refractivity contribution in [2.45, 2.75) is 217 Å². The van der Waals surface area contributed by atoms with Crippen LogP contribution in [0.5, 0.6) is 0 Å². The molecule has 0 saturated heterocycles. The molecule has 2 heteroatoms. The average molecular weight is 543 g/mol. The van der Waals surface area contributed by atoms with E-state index in [1.807, 2.05) is 0 Å². The van der Waals surface area contributed by atoms with E-state index in [9.17, 15) is 9.59 Å². The van der Waals surface area contributed by atoms with E-state index in [-0.39, 0.29) is 17.5 Å². The molecule has 0 amide bonds. The molecule has 0 aromatic rings. The van der Waals surface area contributed by atoms with Crippen LogP contribution in [0, 0.1) is 5.92 Å². The van der Waals surface area contributed by atoms with Crippen molar-refractivity contribution in [1.82, 2.24) is 0 Å². The zero-order chi connectivity index (χ0) is 30.3. The van der Waals surface area contributed by atoms with Crippen molar-refractivity contribution in [2.75, 3.05) is 0 Å². The van der Waals surface area contributed by atoms with Crippen molar-refractivity contribution in [1.29, 1.82) is 0 Å². The lowest BCUT2D eigenvalue weighted by molar-refractivity contribution is -0.119. The van der Waals surface area contributed by atoms with Crippen LogP contribution in [0.15, 0.2) is 0 Å². The number of hydrogen-bond acceptors (Lipinski definition) is 2. The fourth-order valence-corrected chi connectivity index (χ4v) is 3.77. The molecule has 0 aromatic carbocycles. The van der Waals surface area contributed by atoms with E-state index in [0.29, 0.717) is 12.8 Å². The number of carbonyl (C=O) groups excluding carboxylic acids is 2. The summed E-state index contributed by atoms with van der Waals surface area (Å²) in [6.07, 6.45) is 27.8. The van der Waals surface area contributed by atoms with Gasteiger partial charge in [-0.25, -0.2) is 0 Å². The summed E-state index contributed by atoms with van der Waals surface area (Å²) >= 11 is 0. The third-order valence-electron chi connectivity index (χ3n) is 6.20. The molecule has 0 aliphatic carbocycles. The number of rotatable bonds is 20. The molecule has 0 fully saturated rings. The Bertz CT molecular complexity index is 325. The molecule has 0 rings (SSSR count).